The molecule has 15 heavy (non-hydrogen) atoms. The maximum absolute atomic E-state index is 4.57. The number of thioether (sulfide) groups is 1. The third-order valence-corrected chi connectivity index (χ3v) is 4.32. The van der Waals surface area contributed by atoms with Crippen LogP contribution in [-0.2, 0) is 0 Å². The molecular weight excluding hydrogens is 202 g/mol. The van der Waals surface area contributed by atoms with Crippen molar-refractivity contribution in [2.45, 2.75) is 18.1 Å². The van der Waals surface area contributed by atoms with Crippen LogP contribution in [0.3, 0.4) is 0 Å². The lowest BCUT2D eigenvalue weighted by molar-refractivity contribution is 0.813. The molecule has 76 valence electrons. The number of hydrogen-bond acceptors (Lipinski definition) is 2. The van der Waals surface area contributed by atoms with Crippen molar-refractivity contribution in [2.24, 2.45) is 0 Å². The summed E-state index contributed by atoms with van der Waals surface area (Å²) in [7, 11) is 0. The van der Waals surface area contributed by atoms with Crippen LogP contribution in [0.5, 0.6) is 0 Å². The molecule has 2 heteroatoms. The van der Waals surface area contributed by atoms with Crippen LogP contribution in [0.15, 0.2) is 36.5 Å². The molecule has 1 aromatic heterocycles. The number of nitrogens with zero attached hydrogens (tertiary/aromatic N) is 1. The van der Waals surface area contributed by atoms with Gasteiger partial charge in [-0.25, -0.2) is 0 Å². The van der Waals surface area contributed by atoms with Crippen molar-refractivity contribution in [3.05, 3.63) is 42.2 Å². The first kappa shape index (κ1) is 9.22. The molecule has 1 unspecified atom stereocenters. The van der Waals surface area contributed by atoms with Gasteiger partial charge in [0.1, 0.15) is 0 Å². The Bertz CT molecular complexity index is 469. The number of rotatable bonds is 1. The second-order valence-electron chi connectivity index (χ2n) is 3.92. The largest absolute Gasteiger partial charge is 0.259 e. The van der Waals surface area contributed by atoms with E-state index in [-0.39, 0.29) is 0 Å². The van der Waals surface area contributed by atoms with Crippen LogP contribution < -0.4 is 0 Å². The minimum Gasteiger partial charge on any atom is -0.259 e. The molecule has 3 rings (SSSR count). The summed E-state index contributed by atoms with van der Waals surface area (Å²) in [6.45, 7) is 0. The molecular formula is C13H13NS. The molecule has 1 aromatic carbocycles. The first-order valence-electron chi connectivity index (χ1n) is 5.40. The summed E-state index contributed by atoms with van der Waals surface area (Å²) in [5.74, 6) is 1.29. The molecule has 0 radical (unpaired) electrons. The van der Waals surface area contributed by atoms with Crippen LogP contribution >= 0.6 is 11.8 Å². The summed E-state index contributed by atoms with van der Waals surface area (Å²) in [4.78, 5) is 4.57. The van der Waals surface area contributed by atoms with Gasteiger partial charge in [-0.05, 0) is 30.0 Å². The molecule has 1 aliphatic rings. The predicted octanol–water partition coefficient (Wildman–Crippen LogP) is 3.80. The van der Waals surface area contributed by atoms with Crippen molar-refractivity contribution in [1.82, 2.24) is 4.98 Å². The Labute approximate surface area is 93.9 Å². The van der Waals surface area contributed by atoms with Gasteiger partial charge < -0.3 is 0 Å². The molecule has 0 saturated carbocycles. The minimum absolute atomic E-state index is 0.621. The molecule has 1 nitrogen and oxygen atoms in total. The van der Waals surface area contributed by atoms with Gasteiger partial charge in [0.2, 0.25) is 0 Å². The van der Waals surface area contributed by atoms with Crippen molar-refractivity contribution in [2.75, 3.05) is 5.75 Å². The second-order valence-corrected chi connectivity index (χ2v) is 5.23. The zero-order valence-electron chi connectivity index (χ0n) is 8.52. The number of benzene rings is 1. The third kappa shape index (κ3) is 1.63. The summed E-state index contributed by atoms with van der Waals surface area (Å²) >= 11 is 2.05. The van der Waals surface area contributed by atoms with Crippen molar-refractivity contribution >= 4 is 22.5 Å². The SMILES string of the molecule is c1ccc2c(C3CCCS3)nccc2c1. The number of aromatic nitrogens is 1. The van der Waals surface area contributed by atoms with Gasteiger partial charge in [-0.1, -0.05) is 24.3 Å². The van der Waals surface area contributed by atoms with Gasteiger partial charge in [0, 0.05) is 16.8 Å². The van der Waals surface area contributed by atoms with Gasteiger partial charge in [-0.15, -0.1) is 0 Å². The van der Waals surface area contributed by atoms with Crippen molar-refractivity contribution in [3.8, 4) is 0 Å². The molecule has 0 spiro atoms. The van der Waals surface area contributed by atoms with Crippen LogP contribution in [-0.4, -0.2) is 10.7 Å². The van der Waals surface area contributed by atoms with E-state index >= 15 is 0 Å². The third-order valence-electron chi connectivity index (χ3n) is 2.94. The van der Waals surface area contributed by atoms with E-state index in [1.807, 2.05) is 18.0 Å². The quantitative estimate of drug-likeness (QED) is 0.717. The minimum atomic E-state index is 0.621. The summed E-state index contributed by atoms with van der Waals surface area (Å²) in [6, 6.07) is 10.6. The fourth-order valence-corrected chi connectivity index (χ4v) is 3.49. The van der Waals surface area contributed by atoms with E-state index in [4.69, 9.17) is 0 Å². The van der Waals surface area contributed by atoms with E-state index in [1.165, 1.54) is 35.1 Å². The zero-order chi connectivity index (χ0) is 10.1. The average molecular weight is 215 g/mol. The maximum Gasteiger partial charge on any atom is 0.0611 e. The van der Waals surface area contributed by atoms with E-state index in [1.54, 1.807) is 0 Å². The Balaban J connectivity index is 2.16. The summed E-state index contributed by atoms with van der Waals surface area (Å²) in [5.41, 5.74) is 1.29. The highest BCUT2D eigenvalue weighted by molar-refractivity contribution is 7.99. The maximum atomic E-state index is 4.57. The molecule has 1 atom stereocenters. The van der Waals surface area contributed by atoms with Crippen molar-refractivity contribution in [3.63, 3.8) is 0 Å². The summed E-state index contributed by atoms with van der Waals surface area (Å²) in [6.07, 6.45) is 4.56. The van der Waals surface area contributed by atoms with Gasteiger partial charge in [-0.2, -0.15) is 11.8 Å². The highest BCUT2D eigenvalue weighted by Gasteiger charge is 2.20. The van der Waals surface area contributed by atoms with Gasteiger partial charge in [0.15, 0.2) is 0 Å². The lowest BCUT2D eigenvalue weighted by atomic mass is 10.1. The van der Waals surface area contributed by atoms with Crippen LogP contribution in [0.4, 0.5) is 0 Å². The lowest BCUT2D eigenvalue weighted by Gasteiger charge is -2.10. The molecule has 1 fully saturated rings. The van der Waals surface area contributed by atoms with Gasteiger partial charge in [0.05, 0.1) is 5.69 Å². The number of pyridine rings is 1. The molecule has 1 aliphatic heterocycles. The predicted molar refractivity (Wildman–Crippen MR) is 66.2 cm³/mol. The zero-order valence-corrected chi connectivity index (χ0v) is 9.33. The van der Waals surface area contributed by atoms with Gasteiger partial charge in [0.25, 0.3) is 0 Å². The lowest BCUT2D eigenvalue weighted by Crippen LogP contribution is -1.94. The highest BCUT2D eigenvalue weighted by Crippen LogP contribution is 2.41. The Morgan fingerprint density at radius 2 is 2.13 bits per heavy atom. The normalized spacial score (nSPS) is 20.9. The fraction of sp³-hybridized carbons (Fsp3) is 0.308. The highest BCUT2D eigenvalue weighted by atomic mass is 32.2. The smallest absolute Gasteiger partial charge is 0.0611 e. The van der Waals surface area contributed by atoms with E-state index < -0.39 is 0 Å². The monoisotopic (exact) mass is 215 g/mol. The average Bonchev–Trinajstić information content (AvgIpc) is 2.82. The molecule has 1 saturated heterocycles. The molecule has 2 aromatic rings. The van der Waals surface area contributed by atoms with Crippen molar-refractivity contribution < 1.29 is 0 Å². The Morgan fingerprint density at radius 3 is 3.00 bits per heavy atom. The topological polar surface area (TPSA) is 12.9 Å². The molecule has 2 heterocycles. The van der Waals surface area contributed by atoms with Crippen molar-refractivity contribution in [1.29, 1.82) is 0 Å². The molecule has 0 bridgehead atoms. The van der Waals surface area contributed by atoms with Crippen LogP contribution in [0, 0.1) is 0 Å². The van der Waals surface area contributed by atoms with E-state index in [2.05, 4.69) is 35.3 Å². The van der Waals surface area contributed by atoms with E-state index in [0.717, 1.165) is 0 Å². The van der Waals surface area contributed by atoms with Crippen LogP contribution in [0.1, 0.15) is 23.8 Å². The Hall–Kier alpha value is -1.02. The first-order chi connectivity index (χ1) is 7.45. The van der Waals surface area contributed by atoms with Gasteiger partial charge in [-0.3, -0.25) is 4.98 Å². The molecule has 0 N–H and O–H groups in total. The van der Waals surface area contributed by atoms with Gasteiger partial charge >= 0.3 is 0 Å². The van der Waals surface area contributed by atoms with Crippen LogP contribution in [0.25, 0.3) is 10.8 Å². The van der Waals surface area contributed by atoms with E-state index in [9.17, 15) is 0 Å². The summed E-state index contributed by atoms with van der Waals surface area (Å²) < 4.78 is 0. The molecule has 0 amide bonds. The number of fused-ring (bicyclic) bond motifs is 1. The first-order valence-corrected chi connectivity index (χ1v) is 6.45. The Morgan fingerprint density at radius 1 is 1.20 bits per heavy atom. The van der Waals surface area contributed by atoms with E-state index in [0.29, 0.717) is 5.25 Å². The Kier molecular flexibility index (Phi) is 2.37. The summed E-state index contributed by atoms with van der Waals surface area (Å²) in [5, 5.41) is 3.27. The molecule has 0 aliphatic carbocycles. The van der Waals surface area contributed by atoms with Crippen LogP contribution in [0.2, 0.25) is 0 Å². The standard InChI is InChI=1S/C13H13NS/c1-2-5-11-10(4-1)7-8-14-13(11)12-6-3-9-15-12/h1-2,4-5,7-8,12H,3,6,9H2. The second kappa shape index (κ2) is 3.86. The number of hydrogen-bond donors (Lipinski definition) is 0. The fourth-order valence-electron chi connectivity index (χ4n) is 2.19.